The molecule has 1 aliphatic heterocycles. The molecule has 11 nitrogen and oxygen atoms in total. The number of aromatic nitrogens is 4. The van der Waals surface area contributed by atoms with E-state index in [1.165, 1.54) is 22.9 Å². The first-order valence-corrected chi connectivity index (χ1v) is 12.4. The van der Waals surface area contributed by atoms with Gasteiger partial charge in [0.1, 0.15) is 23.2 Å². The van der Waals surface area contributed by atoms with Gasteiger partial charge in [0.25, 0.3) is 11.8 Å². The Bertz CT molecular complexity index is 1560. The molecule has 3 amide bonds. The van der Waals surface area contributed by atoms with Crippen LogP contribution in [0.15, 0.2) is 67.1 Å². The Morgan fingerprint density at radius 2 is 1.97 bits per heavy atom. The molecule has 4 heterocycles. The van der Waals surface area contributed by atoms with Crippen LogP contribution < -0.4 is 15.4 Å². The van der Waals surface area contributed by atoms with Gasteiger partial charge in [-0.3, -0.25) is 24.0 Å². The first-order chi connectivity index (χ1) is 18.8. The highest BCUT2D eigenvalue weighted by Gasteiger charge is 2.37. The lowest BCUT2D eigenvalue weighted by atomic mass is 10.1. The van der Waals surface area contributed by atoms with Crippen molar-refractivity contribution in [2.45, 2.75) is 19.0 Å². The van der Waals surface area contributed by atoms with Crippen LogP contribution in [0.2, 0.25) is 5.02 Å². The lowest BCUT2D eigenvalue weighted by Gasteiger charge is -2.28. The van der Waals surface area contributed by atoms with Crippen LogP contribution in [-0.4, -0.2) is 55.5 Å². The second-order valence-corrected chi connectivity index (χ2v) is 9.28. The fourth-order valence-electron chi connectivity index (χ4n) is 4.30. The van der Waals surface area contributed by atoms with Crippen molar-refractivity contribution in [3.63, 3.8) is 0 Å². The molecular formula is C27H24ClN7O4. The van der Waals surface area contributed by atoms with Gasteiger partial charge in [0.2, 0.25) is 5.91 Å². The van der Waals surface area contributed by atoms with Crippen molar-refractivity contribution >= 4 is 41.0 Å². The summed E-state index contributed by atoms with van der Waals surface area (Å²) in [5.74, 6) is -0.128. The highest BCUT2D eigenvalue weighted by molar-refractivity contribution is 6.34. The Labute approximate surface area is 228 Å². The van der Waals surface area contributed by atoms with Gasteiger partial charge in [0.05, 0.1) is 17.7 Å². The smallest absolute Gasteiger partial charge is 0.260 e. The Morgan fingerprint density at radius 1 is 1.13 bits per heavy atom. The van der Waals surface area contributed by atoms with Crippen LogP contribution in [0, 0.1) is 0 Å². The van der Waals surface area contributed by atoms with E-state index in [-0.39, 0.29) is 46.7 Å². The molecule has 1 aromatic carbocycles. The predicted octanol–water partition coefficient (Wildman–Crippen LogP) is 3.33. The number of carbonyl (C=O) groups is 3. The zero-order valence-electron chi connectivity index (χ0n) is 21.1. The SMILES string of the molecule is COc1ccnc(NC(=O)c2ccc(CN3C(=O)c4cn(C)nc4NC(=O)C3Cc3ccccn3)cc2Cl)c1. The van der Waals surface area contributed by atoms with Gasteiger partial charge in [-0.1, -0.05) is 23.7 Å². The molecule has 2 N–H and O–H groups in total. The van der Waals surface area contributed by atoms with E-state index < -0.39 is 11.9 Å². The molecule has 0 radical (unpaired) electrons. The van der Waals surface area contributed by atoms with Crippen LogP contribution in [-0.2, 0) is 24.8 Å². The minimum Gasteiger partial charge on any atom is -0.497 e. The zero-order valence-corrected chi connectivity index (χ0v) is 21.8. The monoisotopic (exact) mass is 545 g/mol. The Hall–Kier alpha value is -4.77. The summed E-state index contributed by atoms with van der Waals surface area (Å²) >= 11 is 6.50. The van der Waals surface area contributed by atoms with Crippen molar-refractivity contribution in [2.24, 2.45) is 7.05 Å². The van der Waals surface area contributed by atoms with E-state index in [1.54, 1.807) is 61.9 Å². The molecular weight excluding hydrogens is 522 g/mol. The summed E-state index contributed by atoms with van der Waals surface area (Å²) in [6, 6.07) is 12.7. The Morgan fingerprint density at radius 3 is 2.72 bits per heavy atom. The standard InChI is InChI=1S/C27H24ClN7O4/c1-34-15-20-24(33-34)32-26(37)22(12-17-5-3-4-9-29-17)35(27(20)38)14-16-6-7-19(21(28)11-16)25(36)31-23-13-18(39-2)8-10-30-23/h3-11,13,15,22H,12,14H2,1-2H3,(H,30,31,36)(H,32,33,37). The summed E-state index contributed by atoms with van der Waals surface area (Å²) in [6.45, 7) is 0.0666. The molecule has 0 bridgehead atoms. The van der Waals surface area contributed by atoms with Gasteiger partial charge < -0.3 is 20.3 Å². The first-order valence-electron chi connectivity index (χ1n) is 12.0. The zero-order chi connectivity index (χ0) is 27.5. The minimum atomic E-state index is -0.854. The average molecular weight is 546 g/mol. The van der Waals surface area contributed by atoms with E-state index in [1.807, 2.05) is 6.07 Å². The molecule has 12 heteroatoms. The van der Waals surface area contributed by atoms with Crippen molar-refractivity contribution in [3.05, 3.63) is 94.5 Å². The highest BCUT2D eigenvalue weighted by atomic mass is 35.5. The number of anilines is 2. The van der Waals surface area contributed by atoms with E-state index >= 15 is 0 Å². The van der Waals surface area contributed by atoms with Crippen molar-refractivity contribution in [1.82, 2.24) is 24.6 Å². The molecule has 0 aliphatic carbocycles. The fourth-order valence-corrected chi connectivity index (χ4v) is 4.59. The van der Waals surface area contributed by atoms with Crippen LogP contribution in [0.4, 0.5) is 11.6 Å². The summed E-state index contributed by atoms with van der Waals surface area (Å²) in [7, 11) is 3.19. The number of nitrogens with zero attached hydrogens (tertiary/aromatic N) is 5. The third-order valence-electron chi connectivity index (χ3n) is 6.21. The first kappa shape index (κ1) is 25.9. The largest absolute Gasteiger partial charge is 0.497 e. The third-order valence-corrected chi connectivity index (χ3v) is 6.52. The molecule has 0 saturated carbocycles. The number of methoxy groups -OCH3 is 1. The number of halogens is 1. The number of aryl methyl sites for hydroxylation is 1. The maximum atomic E-state index is 13.7. The Balaban J connectivity index is 1.42. The number of rotatable bonds is 7. The summed E-state index contributed by atoms with van der Waals surface area (Å²) in [5, 5.41) is 9.88. The minimum absolute atomic E-state index is 0.0666. The van der Waals surface area contributed by atoms with E-state index in [0.717, 1.165) is 0 Å². The molecule has 0 spiro atoms. The number of hydrogen-bond acceptors (Lipinski definition) is 7. The van der Waals surface area contributed by atoms with Gasteiger partial charge in [-0.25, -0.2) is 4.98 Å². The molecule has 0 fully saturated rings. The van der Waals surface area contributed by atoms with Gasteiger partial charge in [0.15, 0.2) is 5.82 Å². The van der Waals surface area contributed by atoms with Crippen LogP contribution in [0.25, 0.3) is 0 Å². The molecule has 0 saturated heterocycles. The lowest BCUT2D eigenvalue weighted by Crippen LogP contribution is -2.46. The van der Waals surface area contributed by atoms with E-state index in [4.69, 9.17) is 16.3 Å². The summed E-state index contributed by atoms with van der Waals surface area (Å²) in [4.78, 5) is 49.7. The van der Waals surface area contributed by atoms with Crippen molar-refractivity contribution in [2.75, 3.05) is 17.7 Å². The number of carbonyl (C=O) groups excluding carboxylic acids is 3. The van der Waals surface area contributed by atoms with Crippen LogP contribution in [0.5, 0.6) is 5.75 Å². The van der Waals surface area contributed by atoms with Gasteiger partial charge in [-0.2, -0.15) is 5.10 Å². The predicted molar refractivity (Wildman–Crippen MR) is 144 cm³/mol. The van der Waals surface area contributed by atoms with Crippen molar-refractivity contribution in [1.29, 1.82) is 0 Å². The second-order valence-electron chi connectivity index (χ2n) is 8.88. The molecule has 5 rings (SSSR count). The van der Waals surface area contributed by atoms with Gasteiger partial charge in [0, 0.05) is 50.4 Å². The molecule has 1 atom stereocenters. The number of ether oxygens (including phenoxy) is 1. The highest BCUT2D eigenvalue weighted by Crippen LogP contribution is 2.27. The molecule has 1 unspecified atom stereocenters. The lowest BCUT2D eigenvalue weighted by molar-refractivity contribution is -0.120. The van der Waals surface area contributed by atoms with Gasteiger partial charge >= 0.3 is 0 Å². The second kappa shape index (κ2) is 10.9. The van der Waals surface area contributed by atoms with Crippen LogP contribution in [0.3, 0.4) is 0 Å². The summed E-state index contributed by atoms with van der Waals surface area (Å²) in [5.41, 5.74) is 1.80. The summed E-state index contributed by atoms with van der Waals surface area (Å²) in [6.07, 6.45) is 4.93. The van der Waals surface area contributed by atoms with Gasteiger partial charge in [-0.15, -0.1) is 0 Å². The summed E-state index contributed by atoms with van der Waals surface area (Å²) < 4.78 is 6.63. The van der Waals surface area contributed by atoms with Gasteiger partial charge in [-0.05, 0) is 35.9 Å². The maximum Gasteiger partial charge on any atom is 0.260 e. The molecule has 1 aliphatic rings. The number of amides is 3. The van der Waals surface area contributed by atoms with Crippen molar-refractivity contribution < 1.29 is 19.1 Å². The van der Waals surface area contributed by atoms with E-state index in [9.17, 15) is 14.4 Å². The number of hydrogen-bond donors (Lipinski definition) is 2. The normalized spacial score (nSPS) is 14.8. The van der Waals surface area contributed by atoms with Crippen molar-refractivity contribution in [3.8, 4) is 5.75 Å². The van der Waals surface area contributed by atoms with Crippen LogP contribution in [0.1, 0.15) is 32.0 Å². The third kappa shape index (κ3) is 5.58. The van der Waals surface area contributed by atoms with E-state index in [0.29, 0.717) is 22.8 Å². The van der Waals surface area contributed by atoms with E-state index in [2.05, 4.69) is 25.7 Å². The number of pyridine rings is 2. The molecule has 39 heavy (non-hydrogen) atoms. The quantitative estimate of drug-likeness (QED) is 0.364. The molecule has 198 valence electrons. The number of fused-ring (bicyclic) bond motifs is 1. The fraction of sp³-hybridized carbons (Fsp3) is 0.185. The number of nitrogens with one attached hydrogen (secondary N) is 2. The average Bonchev–Trinajstić information content (AvgIpc) is 3.27. The van der Waals surface area contributed by atoms with Crippen LogP contribution >= 0.6 is 11.6 Å². The molecule has 4 aromatic rings. The molecule has 3 aromatic heterocycles. The number of benzene rings is 1. The topological polar surface area (TPSA) is 131 Å². The Kier molecular flexibility index (Phi) is 7.24. The maximum absolute atomic E-state index is 13.7.